The zero-order valence-corrected chi connectivity index (χ0v) is 17.4. The van der Waals surface area contributed by atoms with Crippen LogP contribution in [-0.4, -0.2) is 23.4 Å². The molecule has 0 unspecified atom stereocenters. The Balaban J connectivity index is 1.51. The van der Waals surface area contributed by atoms with Crippen molar-refractivity contribution in [2.45, 2.75) is 13.3 Å². The number of cyclic esters (lactones) is 1. The van der Waals surface area contributed by atoms with E-state index in [4.69, 9.17) is 9.47 Å². The number of rotatable bonds is 7. The maximum Gasteiger partial charge on any atom is 0.363 e. The third kappa shape index (κ3) is 4.73. The summed E-state index contributed by atoms with van der Waals surface area (Å²) < 4.78 is 11.1. The highest BCUT2D eigenvalue weighted by atomic mass is 16.6. The van der Waals surface area contributed by atoms with E-state index in [0.717, 1.165) is 12.0 Å². The fraction of sp³-hybridized carbons (Fsp3) is 0.120. The van der Waals surface area contributed by atoms with Crippen LogP contribution in [0, 0.1) is 17.0 Å². The summed E-state index contributed by atoms with van der Waals surface area (Å²) in [6.07, 6.45) is 2.39. The number of nitrogens with zero attached hydrogens (tertiary/aromatic N) is 2. The van der Waals surface area contributed by atoms with Crippen LogP contribution in [0.15, 0.2) is 83.5 Å². The van der Waals surface area contributed by atoms with Crippen LogP contribution in [0.2, 0.25) is 0 Å². The molecule has 7 nitrogen and oxygen atoms in total. The molecule has 3 aromatic rings. The fourth-order valence-corrected chi connectivity index (χ4v) is 3.36. The Morgan fingerprint density at radius 2 is 1.84 bits per heavy atom. The lowest BCUT2D eigenvalue weighted by atomic mass is 10.1. The zero-order chi connectivity index (χ0) is 22.5. The number of benzene rings is 3. The highest BCUT2D eigenvalue weighted by Gasteiger charge is 2.27. The first-order valence-electron chi connectivity index (χ1n) is 10.0. The highest BCUT2D eigenvalue weighted by Crippen LogP contribution is 2.26. The van der Waals surface area contributed by atoms with Gasteiger partial charge >= 0.3 is 5.97 Å². The van der Waals surface area contributed by atoms with Crippen molar-refractivity contribution in [3.63, 3.8) is 0 Å². The van der Waals surface area contributed by atoms with E-state index >= 15 is 0 Å². The Morgan fingerprint density at radius 3 is 2.62 bits per heavy atom. The summed E-state index contributed by atoms with van der Waals surface area (Å²) in [7, 11) is 0. The normalized spacial score (nSPS) is 14.2. The van der Waals surface area contributed by atoms with Gasteiger partial charge in [0.15, 0.2) is 5.70 Å². The molecule has 0 bridgehead atoms. The first-order chi connectivity index (χ1) is 15.5. The van der Waals surface area contributed by atoms with E-state index in [1.165, 1.54) is 17.7 Å². The predicted octanol–water partition coefficient (Wildman–Crippen LogP) is 4.87. The largest absolute Gasteiger partial charge is 0.493 e. The van der Waals surface area contributed by atoms with Crippen LogP contribution in [0.3, 0.4) is 0 Å². The molecule has 1 heterocycles. The third-order valence-electron chi connectivity index (χ3n) is 5.02. The van der Waals surface area contributed by atoms with Crippen molar-refractivity contribution < 1.29 is 19.2 Å². The van der Waals surface area contributed by atoms with Crippen molar-refractivity contribution in [2.24, 2.45) is 4.99 Å². The van der Waals surface area contributed by atoms with E-state index in [1.54, 1.807) is 19.1 Å². The molecule has 0 amide bonds. The Hall–Kier alpha value is -4.26. The van der Waals surface area contributed by atoms with E-state index in [2.05, 4.69) is 17.1 Å². The Kier molecular flexibility index (Phi) is 6.07. The van der Waals surface area contributed by atoms with E-state index in [0.29, 0.717) is 23.5 Å². The molecule has 0 saturated carbocycles. The summed E-state index contributed by atoms with van der Waals surface area (Å²) in [6, 6.07) is 22.0. The van der Waals surface area contributed by atoms with Gasteiger partial charge in [-0.05, 0) is 42.3 Å². The molecule has 0 aromatic heterocycles. The molecular weight excluding hydrogens is 408 g/mol. The average molecular weight is 428 g/mol. The quantitative estimate of drug-likeness (QED) is 0.232. The molecule has 1 aliphatic heterocycles. The van der Waals surface area contributed by atoms with Gasteiger partial charge in [0, 0.05) is 23.6 Å². The van der Waals surface area contributed by atoms with Crippen LogP contribution in [0.5, 0.6) is 5.75 Å². The first kappa shape index (κ1) is 21.0. The monoisotopic (exact) mass is 428 g/mol. The molecule has 32 heavy (non-hydrogen) atoms. The molecule has 0 aliphatic carbocycles. The lowest BCUT2D eigenvalue weighted by molar-refractivity contribution is -0.385. The van der Waals surface area contributed by atoms with Gasteiger partial charge in [-0.15, -0.1) is 0 Å². The van der Waals surface area contributed by atoms with Crippen molar-refractivity contribution in [2.75, 3.05) is 6.61 Å². The van der Waals surface area contributed by atoms with Crippen LogP contribution in [0.1, 0.15) is 22.3 Å². The van der Waals surface area contributed by atoms with Gasteiger partial charge in [0.05, 0.1) is 11.5 Å². The van der Waals surface area contributed by atoms with Crippen molar-refractivity contribution >= 4 is 23.6 Å². The summed E-state index contributed by atoms with van der Waals surface area (Å²) in [6.45, 7) is 2.13. The van der Waals surface area contributed by atoms with Gasteiger partial charge in [0.25, 0.3) is 5.69 Å². The number of carbonyl (C=O) groups excluding carboxylic acids is 1. The van der Waals surface area contributed by atoms with Crippen molar-refractivity contribution in [1.29, 1.82) is 0 Å². The van der Waals surface area contributed by atoms with Gasteiger partial charge in [-0.1, -0.05) is 48.5 Å². The molecule has 0 radical (unpaired) electrons. The van der Waals surface area contributed by atoms with Gasteiger partial charge in [-0.25, -0.2) is 9.79 Å². The number of hydrogen-bond donors (Lipinski definition) is 0. The highest BCUT2D eigenvalue weighted by molar-refractivity contribution is 6.13. The number of esters is 1. The summed E-state index contributed by atoms with van der Waals surface area (Å²) >= 11 is 0. The second-order valence-corrected chi connectivity index (χ2v) is 7.20. The van der Waals surface area contributed by atoms with E-state index in [1.807, 2.05) is 42.5 Å². The van der Waals surface area contributed by atoms with Crippen molar-refractivity contribution in [3.05, 3.63) is 111 Å². The second kappa shape index (κ2) is 9.26. The van der Waals surface area contributed by atoms with Crippen LogP contribution in [0.25, 0.3) is 6.08 Å². The number of nitro benzene ring substituents is 1. The third-order valence-corrected chi connectivity index (χ3v) is 5.02. The number of ether oxygens (including phenoxy) is 2. The number of carbonyl (C=O) groups is 1. The summed E-state index contributed by atoms with van der Waals surface area (Å²) in [4.78, 5) is 27.3. The summed E-state index contributed by atoms with van der Waals surface area (Å²) in [5, 5.41) is 11.2. The van der Waals surface area contributed by atoms with Crippen LogP contribution < -0.4 is 4.74 Å². The second-order valence-electron chi connectivity index (χ2n) is 7.20. The van der Waals surface area contributed by atoms with Crippen LogP contribution in [0.4, 0.5) is 5.69 Å². The SMILES string of the molecule is Cc1c(C2=N/C(=C\c3cccc(OCCc4ccccc4)c3)C(=O)O2)cccc1[N+](=O)[O-]. The van der Waals surface area contributed by atoms with Crippen molar-refractivity contribution in [1.82, 2.24) is 0 Å². The van der Waals surface area contributed by atoms with Gasteiger partial charge < -0.3 is 9.47 Å². The van der Waals surface area contributed by atoms with E-state index < -0.39 is 10.9 Å². The van der Waals surface area contributed by atoms with Gasteiger partial charge in [0.2, 0.25) is 5.90 Å². The topological polar surface area (TPSA) is 91.0 Å². The molecule has 0 N–H and O–H groups in total. The molecule has 0 fully saturated rings. The van der Waals surface area contributed by atoms with Gasteiger partial charge in [-0.3, -0.25) is 10.1 Å². The summed E-state index contributed by atoms with van der Waals surface area (Å²) in [5.41, 5.74) is 2.78. The molecule has 4 rings (SSSR count). The Morgan fingerprint density at radius 1 is 1.06 bits per heavy atom. The van der Waals surface area contributed by atoms with E-state index in [9.17, 15) is 14.9 Å². The molecule has 1 aliphatic rings. The first-order valence-corrected chi connectivity index (χ1v) is 10.0. The Bertz CT molecular complexity index is 1230. The molecule has 0 saturated heterocycles. The lowest BCUT2D eigenvalue weighted by Crippen LogP contribution is -2.08. The standard InChI is InChI=1S/C25H20N2O5/c1-17-21(11-6-12-23(17)27(29)30)24-26-22(25(28)32-24)16-19-9-5-10-20(15-19)31-14-13-18-7-3-2-4-8-18/h2-12,15-16H,13-14H2,1H3/b22-16-. The van der Waals surface area contributed by atoms with Crippen LogP contribution in [-0.2, 0) is 16.0 Å². The smallest absolute Gasteiger partial charge is 0.363 e. The average Bonchev–Trinajstić information content (AvgIpc) is 3.14. The fourth-order valence-electron chi connectivity index (χ4n) is 3.36. The molecule has 0 atom stereocenters. The van der Waals surface area contributed by atoms with Gasteiger partial charge in [0.1, 0.15) is 5.75 Å². The molecule has 3 aromatic carbocycles. The number of aliphatic imine (C=N–C) groups is 1. The molecule has 7 heteroatoms. The maximum atomic E-state index is 12.3. The number of nitro groups is 1. The molecule has 0 spiro atoms. The summed E-state index contributed by atoms with van der Waals surface area (Å²) in [5.74, 6) is 0.124. The zero-order valence-electron chi connectivity index (χ0n) is 17.4. The molecule has 160 valence electrons. The lowest BCUT2D eigenvalue weighted by Gasteiger charge is -2.07. The predicted molar refractivity (Wildman–Crippen MR) is 121 cm³/mol. The van der Waals surface area contributed by atoms with Gasteiger partial charge in [-0.2, -0.15) is 0 Å². The molecular formula is C25H20N2O5. The minimum Gasteiger partial charge on any atom is -0.493 e. The van der Waals surface area contributed by atoms with Crippen molar-refractivity contribution in [3.8, 4) is 5.75 Å². The number of hydrogen-bond acceptors (Lipinski definition) is 6. The van der Waals surface area contributed by atoms with Crippen LogP contribution >= 0.6 is 0 Å². The van der Waals surface area contributed by atoms with E-state index in [-0.39, 0.29) is 17.3 Å². The Labute approximate surface area is 184 Å². The maximum absolute atomic E-state index is 12.3. The minimum absolute atomic E-state index is 0.0534. The minimum atomic E-state index is -0.610.